The number of alkyl halides is 3. The average molecular weight is 533 g/mol. The summed E-state index contributed by atoms with van der Waals surface area (Å²) in [6.07, 6.45) is -0.965. The summed E-state index contributed by atoms with van der Waals surface area (Å²) in [6, 6.07) is 5.13. The van der Waals surface area contributed by atoms with Crippen molar-refractivity contribution in [3.05, 3.63) is 53.7 Å². The van der Waals surface area contributed by atoms with E-state index in [4.69, 9.17) is 0 Å². The van der Waals surface area contributed by atoms with Gasteiger partial charge in [-0.2, -0.15) is 17.6 Å². The number of benzene rings is 1. The molecule has 202 valence electrons. The molecule has 1 atom stereocenters. The summed E-state index contributed by atoms with van der Waals surface area (Å²) in [5, 5.41) is 3.89. The minimum atomic E-state index is -4.68. The highest BCUT2D eigenvalue weighted by molar-refractivity contribution is 5.80. The van der Waals surface area contributed by atoms with Gasteiger partial charge in [-0.3, -0.25) is 9.59 Å². The van der Waals surface area contributed by atoms with E-state index in [0.29, 0.717) is 50.2 Å². The van der Waals surface area contributed by atoms with Crippen LogP contribution in [0.4, 0.5) is 28.9 Å². The van der Waals surface area contributed by atoms with Crippen LogP contribution in [0.15, 0.2) is 36.5 Å². The zero-order valence-corrected chi connectivity index (χ0v) is 21.1. The Morgan fingerprint density at radius 1 is 1.11 bits per heavy atom. The minimum absolute atomic E-state index is 0.0433. The first-order chi connectivity index (χ1) is 18.0. The third kappa shape index (κ3) is 4.79. The number of hydrogen-bond acceptors (Lipinski definition) is 5. The van der Waals surface area contributed by atoms with E-state index in [1.807, 2.05) is 4.90 Å². The first-order valence-electron chi connectivity index (χ1n) is 12.5. The van der Waals surface area contributed by atoms with Gasteiger partial charge in [-0.05, 0) is 43.4 Å². The van der Waals surface area contributed by atoms with E-state index in [2.05, 4.69) is 10.1 Å². The summed E-state index contributed by atoms with van der Waals surface area (Å²) in [5.74, 6) is -1.88. The van der Waals surface area contributed by atoms with Crippen LogP contribution in [-0.4, -0.2) is 69.1 Å². The molecule has 2 aliphatic heterocycles. The van der Waals surface area contributed by atoms with Gasteiger partial charge in [0.1, 0.15) is 0 Å². The minimum Gasteiger partial charge on any atom is -0.343 e. The molecule has 1 aromatic carbocycles. The van der Waals surface area contributed by atoms with Crippen molar-refractivity contribution in [2.45, 2.75) is 44.8 Å². The molecular weight excluding hydrogens is 504 g/mol. The van der Waals surface area contributed by atoms with E-state index in [-0.39, 0.29) is 11.5 Å². The summed E-state index contributed by atoms with van der Waals surface area (Å²) in [6.45, 7) is 2.76. The molecule has 2 amide bonds. The summed E-state index contributed by atoms with van der Waals surface area (Å²) >= 11 is 0. The Labute approximate surface area is 216 Å². The third-order valence-corrected chi connectivity index (χ3v) is 7.47. The van der Waals surface area contributed by atoms with E-state index in [9.17, 15) is 27.2 Å². The SMILES string of the molecule is CC(=O)N1CCC(C(=O)N(C)[C@@H](c2ccc(N3CCCc4c3cnc3cc(F)nn43)cc2)C(F)(F)F)CC1. The lowest BCUT2D eigenvalue weighted by atomic mass is 9.93. The quantitative estimate of drug-likeness (QED) is 0.470. The summed E-state index contributed by atoms with van der Waals surface area (Å²) < 4.78 is 57.9. The Bertz CT molecular complexity index is 1350. The van der Waals surface area contributed by atoms with Crippen LogP contribution in [0.5, 0.6) is 0 Å². The van der Waals surface area contributed by atoms with Crippen LogP contribution in [0.25, 0.3) is 5.65 Å². The molecule has 8 nitrogen and oxygen atoms in total. The van der Waals surface area contributed by atoms with Gasteiger partial charge in [0.15, 0.2) is 11.7 Å². The van der Waals surface area contributed by atoms with Crippen LogP contribution >= 0.6 is 0 Å². The lowest BCUT2D eigenvalue weighted by Crippen LogP contribution is -2.46. The summed E-state index contributed by atoms with van der Waals surface area (Å²) in [5.41, 5.74) is 2.51. The Kier molecular flexibility index (Phi) is 6.74. The fourth-order valence-electron chi connectivity index (χ4n) is 5.52. The molecule has 5 rings (SSSR count). The number of likely N-dealkylation sites (tertiary alicyclic amines) is 1. The molecule has 0 aliphatic carbocycles. The van der Waals surface area contributed by atoms with Crippen molar-refractivity contribution in [3.63, 3.8) is 0 Å². The molecule has 0 N–H and O–H groups in total. The van der Waals surface area contributed by atoms with Gasteiger partial charge in [0.2, 0.25) is 17.8 Å². The number of hydrogen-bond donors (Lipinski definition) is 0. The second kappa shape index (κ2) is 9.88. The number of anilines is 2. The maximum absolute atomic E-state index is 14.2. The maximum atomic E-state index is 14.2. The van der Waals surface area contributed by atoms with Gasteiger partial charge in [-0.15, -0.1) is 5.10 Å². The van der Waals surface area contributed by atoms with Crippen molar-refractivity contribution in [2.24, 2.45) is 5.92 Å². The van der Waals surface area contributed by atoms with Gasteiger partial charge in [-0.1, -0.05) is 12.1 Å². The number of carbonyl (C=O) groups excluding carboxylic acids is 2. The maximum Gasteiger partial charge on any atom is 0.413 e. The van der Waals surface area contributed by atoms with Crippen molar-refractivity contribution in [1.82, 2.24) is 24.4 Å². The van der Waals surface area contributed by atoms with E-state index in [0.717, 1.165) is 22.7 Å². The highest BCUT2D eigenvalue weighted by Gasteiger charge is 2.46. The highest BCUT2D eigenvalue weighted by Crippen LogP contribution is 2.40. The number of piperidine rings is 1. The fourth-order valence-corrected chi connectivity index (χ4v) is 5.52. The molecule has 38 heavy (non-hydrogen) atoms. The fraction of sp³-hybridized carbons (Fsp3) is 0.462. The van der Waals surface area contributed by atoms with Gasteiger partial charge in [-0.25, -0.2) is 9.50 Å². The summed E-state index contributed by atoms with van der Waals surface area (Å²) in [4.78, 5) is 33.2. The second-order valence-corrected chi connectivity index (χ2v) is 9.85. The molecule has 2 aromatic heterocycles. The largest absolute Gasteiger partial charge is 0.413 e. The number of rotatable bonds is 4. The number of aryl methyl sites for hydroxylation is 1. The molecule has 4 heterocycles. The van der Waals surface area contributed by atoms with Gasteiger partial charge >= 0.3 is 6.18 Å². The van der Waals surface area contributed by atoms with Gasteiger partial charge < -0.3 is 14.7 Å². The number of nitrogens with zero attached hydrogens (tertiary/aromatic N) is 6. The first kappa shape index (κ1) is 25.9. The molecular formula is C26H28F4N6O2. The molecule has 0 radical (unpaired) electrons. The number of amides is 2. The molecule has 3 aromatic rings. The van der Waals surface area contributed by atoms with Crippen molar-refractivity contribution >= 4 is 28.8 Å². The molecule has 1 saturated heterocycles. The standard InChI is InChI=1S/C26H28F4N6O2/c1-16(37)34-12-9-18(10-13-34)25(38)33(2)24(26(28,29)30)17-5-7-19(8-6-17)35-11-3-4-20-21(35)15-31-23-14-22(27)32-36(20)23/h5-8,14-15,18,24H,3-4,9-13H2,1-2H3/t24-/m0/s1. The normalized spacial score (nSPS) is 17.4. The van der Waals surface area contributed by atoms with Crippen LogP contribution in [0.3, 0.4) is 0 Å². The van der Waals surface area contributed by atoms with Crippen molar-refractivity contribution in [2.75, 3.05) is 31.6 Å². The number of carbonyl (C=O) groups is 2. The number of aromatic nitrogens is 3. The van der Waals surface area contributed by atoms with E-state index < -0.39 is 30.0 Å². The topological polar surface area (TPSA) is 74.1 Å². The zero-order chi connectivity index (χ0) is 27.2. The van der Waals surface area contributed by atoms with Gasteiger partial charge in [0.25, 0.3) is 0 Å². The average Bonchev–Trinajstić information content (AvgIpc) is 3.28. The zero-order valence-electron chi connectivity index (χ0n) is 21.1. The number of fused-ring (bicyclic) bond motifs is 3. The Balaban J connectivity index is 1.38. The Morgan fingerprint density at radius 3 is 2.42 bits per heavy atom. The van der Waals surface area contributed by atoms with E-state index in [1.54, 1.807) is 23.2 Å². The van der Waals surface area contributed by atoms with Gasteiger partial charge in [0, 0.05) is 51.3 Å². The molecule has 0 saturated carbocycles. The van der Waals surface area contributed by atoms with Crippen molar-refractivity contribution in [1.29, 1.82) is 0 Å². The lowest BCUT2D eigenvalue weighted by molar-refractivity contribution is -0.191. The molecule has 2 aliphatic rings. The smallest absolute Gasteiger partial charge is 0.343 e. The lowest BCUT2D eigenvalue weighted by Gasteiger charge is -2.36. The molecule has 0 unspecified atom stereocenters. The van der Waals surface area contributed by atoms with Crippen LogP contribution < -0.4 is 4.90 Å². The van der Waals surface area contributed by atoms with Crippen molar-refractivity contribution in [3.8, 4) is 0 Å². The predicted molar refractivity (Wildman–Crippen MR) is 131 cm³/mol. The van der Waals surface area contributed by atoms with Crippen LogP contribution in [0.2, 0.25) is 0 Å². The second-order valence-electron chi connectivity index (χ2n) is 9.85. The van der Waals surface area contributed by atoms with Crippen LogP contribution in [0.1, 0.15) is 43.5 Å². The first-order valence-corrected chi connectivity index (χ1v) is 12.5. The molecule has 0 spiro atoms. The third-order valence-electron chi connectivity index (χ3n) is 7.47. The Hall–Kier alpha value is -3.70. The molecule has 1 fully saturated rings. The van der Waals surface area contributed by atoms with E-state index >= 15 is 0 Å². The van der Waals surface area contributed by atoms with Crippen LogP contribution in [-0.2, 0) is 16.0 Å². The molecule has 12 heteroatoms. The highest BCUT2D eigenvalue weighted by atomic mass is 19.4. The monoisotopic (exact) mass is 532 g/mol. The Morgan fingerprint density at radius 2 is 1.79 bits per heavy atom. The van der Waals surface area contributed by atoms with E-state index in [1.165, 1.54) is 36.7 Å². The number of halogens is 4. The molecule has 0 bridgehead atoms. The van der Waals surface area contributed by atoms with Crippen LogP contribution in [0, 0.1) is 11.9 Å². The summed E-state index contributed by atoms with van der Waals surface area (Å²) in [7, 11) is 1.19. The predicted octanol–water partition coefficient (Wildman–Crippen LogP) is 4.27. The van der Waals surface area contributed by atoms with Gasteiger partial charge in [0.05, 0.1) is 17.6 Å². The van der Waals surface area contributed by atoms with Crippen molar-refractivity contribution < 1.29 is 27.2 Å².